The van der Waals surface area contributed by atoms with Gasteiger partial charge in [-0.1, -0.05) is 12.1 Å². The highest BCUT2D eigenvalue weighted by molar-refractivity contribution is 5.92. The van der Waals surface area contributed by atoms with Crippen molar-refractivity contribution in [3.63, 3.8) is 0 Å². The summed E-state index contributed by atoms with van der Waals surface area (Å²) >= 11 is 0. The van der Waals surface area contributed by atoms with Gasteiger partial charge in [0.1, 0.15) is 17.3 Å². The van der Waals surface area contributed by atoms with Crippen LogP contribution >= 0.6 is 0 Å². The fourth-order valence-electron chi connectivity index (χ4n) is 3.11. The summed E-state index contributed by atoms with van der Waals surface area (Å²) in [5, 5.41) is 3.15. The third kappa shape index (κ3) is 4.23. The topological polar surface area (TPSA) is 96.4 Å². The number of nitrogens with one attached hydrogen (secondary N) is 1. The number of hydrogen-bond acceptors (Lipinski definition) is 8. The molecule has 3 aromatic rings. The SMILES string of the molecule is COc1ccccc1Nc1cnc(C(=O)N2CCN(c3ncccn3)CC2)cn1. The van der Waals surface area contributed by atoms with Crippen LogP contribution in [-0.2, 0) is 0 Å². The summed E-state index contributed by atoms with van der Waals surface area (Å²) in [6, 6.07) is 9.31. The second-order valence-corrected chi connectivity index (χ2v) is 6.44. The fourth-order valence-corrected chi connectivity index (χ4v) is 3.11. The molecule has 1 aliphatic heterocycles. The molecule has 4 rings (SSSR count). The zero-order valence-corrected chi connectivity index (χ0v) is 16.0. The van der Waals surface area contributed by atoms with Gasteiger partial charge in [0.05, 0.1) is 25.2 Å². The summed E-state index contributed by atoms with van der Waals surface area (Å²) in [5.74, 6) is 1.80. The van der Waals surface area contributed by atoms with E-state index < -0.39 is 0 Å². The van der Waals surface area contributed by atoms with Crippen LogP contribution in [0.3, 0.4) is 0 Å². The van der Waals surface area contributed by atoms with E-state index in [1.165, 1.54) is 6.20 Å². The number of carbonyl (C=O) groups excluding carboxylic acids is 1. The highest BCUT2D eigenvalue weighted by atomic mass is 16.5. The van der Waals surface area contributed by atoms with Crippen molar-refractivity contribution in [2.75, 3.05) is 43.5 Å². The Labute approximate surface area is 168 Å². The lowest BCUT2D eigenvalue weighted by Crippen LogP contribution is -2.49. The maximum atomic E-state index is 12.7. The summed E-state index contributed by atoms with van der Waals surface area (Å²) in [6.45, 7) is 2.52. The van der Waals surface area contributed by atoms with Crippen LogP contribution in [0.25, 0.3) is 0 Å². The lowest BCUT2D eigenvalue weighted by atomic mass is 10.3. The van der Waals surface area contributed by atoms with E-state index >= 15 is 0 Å². The number of methoxy groups -OCH3 is 1. The van der Waals surface area contributed by atoms with Gasteiger partial charge in [-0.2, -0.15) is 0 Å². The van der Waals surface area contributed by atoms with Gasteiger partial charge in [-0.05, 0) is 18.2 Å². The first-order valence-corrected chi connectivity index (χ1v) is 9.28. The van der Waals surface area contributed by atoms with Gasteiger partial charge in [0, 0.05) is 38.6 Å². The minimum absolute atomic E-state index is 0.130. The Hall–Kier alpha value is -3.75. The molecule has 1 N–H and O–H groups in total. The van der Waals surface area contributed by atoms with Crippen LogP contribution in [0, 0.1) is 0 Å². The molecule has 0 radical (unpaired) electrons. The average molecular weight is 391 g/mol. The second kappa shape index (κ2) is 8.51. The van der Waals surface area contributed by atoms with Gasteiger partial charge in [-0.15, -0.1) is 0 Å². The first-order valence-electron chi connectivity index (χ1n) is 9.28. The van der Waals surface area contributed by atoms with Crippen LogP contribution in [0.2, 0.25) is 0 Å². The van der Waals surface area contributed by atoms with E-state index in [-0.39, 0.29) is 5.91 Å². The molecule has 0 saturated carbocycles. The smallest absolute Gasteiger partial charge is 0.274 e. The molecule has 3 heterocycles. The van der Waals surface area contributed by atoms with Crippen molar-refractivity contribution in [2.45, 2.75) is 0 Å². The summed E-state index contributed by atoms with van der Waals surface area (Å²) in [4.78, 5) is 33.7. The first-order chi connectivity index (χ1) is 14.2. The molecule has 29 heavy (non-hydrogen) atoms. The molecule has 0 bridgehead atoms. The summed E-state index contributed by atoms with van der Waals surface area (Å²) in [5.41, 5.74) is 1.10. The van der Waals surface area contributed by atoms with Gasteiger partial charge in [0.15, 0.2) is 0 Å². The Balaban J connectivity index is 1.37. The number of aromatic nitrogens is 4. The number of para-hydroxylation sites is 2. The summed E-state index contributed by atoms with van der Waals surface area (Å²) in [6.07, 6.45) is 6.48. The van der Waals surface area contributed by atoms with E-state index in [4.69, 9.17) is 4.74 Å². The van der Waals surface area contributed by atoms with Crippen molar-refractivity contribution in [3.8, 4) is 5.75 Å². The van der Waals surface area contributed by atoms with Crippen LogP contribution < -0.4 is 15.0 Å². The molecule has 0 aliphatic carbocycles. The van der Waals surface area contributed by atoms with E-state index in [2.05, 4.69) is 30.2 Å². The number of anilines is 3. The summed E-state index contributed by atoms with van der Waals surface area (Å²) in [7, 11) is 1.61. The number of amides is 1. The molecule has 9 heteroatoms. The number of benzene rings is 1. The van der Waals surface area contributed by atoms with Gasteiger partial charge < -0.3 is 19.9 Å². The van der Waals surface area contributed by atoms with Crippen LogP contribution in [0.15, 0.2) is 55.1 Å². The molecule has 2 aromatic heterocycles. The molecule has 0 atom stereocenters. The first kappa shape index (κ1) is 18.6. The highest BCUT2D eigenvalue weighted by Crippen LogP contribution is 2.25. The molecule has 0 spiro atoms. The van der Waals surface area contributed by atoms with Gasteiger partial charge in [-0.25, -0.2) is 19.9 Å². The van der Waals surface area contributed by atoms with Gasteiger partial charge >= 0.3 is 0 Å². The van der Waals surface area contributed by atoms with Crippen molar-refractivity contribution in [2.24, 2.45) is 0 Å². The lowest BCUT2D eigenvalue weighted by molar-refractivity contribution is 0.0740. The molecule has 148 valence electrons. The number of carbonyl (C=O) groups is 1. The monoisotopic (exact) mass is 391 g/mol. The lowest BCUT2D eigenvalue weighted by Gasteiger charge is -2.34. The van der Waals surface area contributed by atoms with Crippen LogP contribution in [-0.4, -0.2) is 64.0 Å². The molecule has 9 nitrogen and oxygen atoms in total. The van der Waals surface area contributed by atoms with Gasteiger partial charge in [-0.3, -0.25) is 4.79 Å². The van der Waals surface area contributed by atoms with Crippen molar-refractivity contribution in [1.29, 1.82) is 0 Å². The number of piperazine rings is 1. The predicted molar refractivity (Wildman–Crippen MR) is 108 cm³/mol. The third-order valence-corrected chi connectivity index (χ3v) is 4.64. The molecule has 1 aliphatic rings. The molecule has 1 amide bonds. The van der Waals surface area contributed by atoms with E-state index in [1.54, 1.807) is 36.7 Å². The number of nitrogens with zero attached hydrogens (tertiary/aromatic N) is 6. The van der Waals surface area contributed by atoms with Crippen molar-refractivity contribution < 1.29 is 9.53 Å². The Bertz CT molecular complexity index is 958. The minimum Gasteiger partial charge on any atom is -0.495 e. The Kier molecular flexibility index (Phi) is 5.46. The van der Waals surface area contributed by atoms with Crippen molar-refractivity contribution in [1.82, 2.24) is 24.8 Å². The largest absolute Gasteiger partial charge is 0.495 e. The van der Waals surface area contributed by atoms with E-state index in [1.807, 2.05) is 24.3 Å². The van der Waals surface area contributed by atoms with E-state index in [9.17, 15) is 4.79 Å². The zero-order valence-electron chi connectivity index (χ0n) is 16.0. The summed E-state index contributed by atoms with van der Waals surface area (Å²) < 4.78 is 5.32. The fraction of sp³-hybridized carbons (Fsp3) is 0.250. The van der Waals surface area contributed by atoms with Crippen molar-refractivity contribution >= 4 is 23.4 Å². The highest BCUT2D eigenvalue weighted by Gasteiger charge is 2.24. The quantitative estimate of drug-likeness (QED) is 0.705. The second-order valence-electron chi connectivity index (χ2n) is 6.44. The van der Waals surface area contributed by atoms with Crippen molar-refractivity contribution in [3.05, 3.63) is 60.8 Å². The molecule has 1 saturated heterocycles. The molecular formula is C20H21N7O2. The van der Waals surface area contributed by atoms with Crippen LogP contribution in [0.1, 0.15) is 10.5 Å². The molecular weight excluding hydrogens is 370 g/mol. The van der Waals surface area contributed by atoms with E-state index in [0.29, 0.717) is 49.4 Å². The normalized spacial score (nSPS) is 13.8. The van der Waals surface area contributed by atoms with Gasteiger partial charge in [0.25, 0.3) is 5.91 Å². The molecule has 0 unspecified atom stereocenters. The maximum absolute atomic E-state index is 12.7. The van der Waals surface area contributed by atoms with Crippen LogP contribution in [0.4, 0.5) is 17.5 Å². The number of rotatable bonds is 5. The Morgan fingerprint density at radius 3 is 2.41 bits per heavy atom. The third-order valence-electron chi connectivity index (χ3n) is 4.64. The number of ether oxygens (including phenoxy) is 1. The van der Waals surface area contributed by atoms with E-state index in [0.717, 1.165) is 5.69 Å². The number of hydrogen-bond donors (Lipinski definition) is 1. The average Bonchev–Trinajstić information content (AvgIpc) is 2.80. The van der Waals surface area contributed by atoms with Crippen LogP contribution in [0.5, 0.6) is 5.75 Å². The zero-order chi connectivity index (χ0) is 20.1. The predicted octanol–water partition coefficient (Wildman–Crippen LogP) is 1.98. The Morgan fingerprint density at radius 2 is 1.72 bits per heavy atom. The standard InChI is InChI=1S/C20H21N7O2/c1-29-17-6-3-2-5-15(17)25-18-14-23-16(13-24-18)19(28)26-9-11-27(12-10-26)20-21-7-4-8-22-20/h2-8,13-14H,9-12H2,1H3,(H,24,25). The Morgan fingerprint density at radius 1 is 0.966 bits per heavy atom. The minimum atomic E-state index is -0.130. The van der Waals surface area contributed by atoms with Gasteiger partial charge in [0.2, 0.25) is 5.95 Å². The molecule has 1 aromatic carbocycles. The molecule has 1 fully saturated rings. The maximum Gasteiger partial charge on any atom is 0.274 e.